The minimum Gasteiger partial charge on any atom is -0.497 e. The number of fused-ring (bicyclic) bond motifs is 5. The lowest BCUT2D eigenvalue weighted by Crippen LogP contribution is -2.42. The third kappa shape index (κ3) is 21.4. The molecular weight excluding hydrogens is 1990 g/mol. The maximum Gasteiger partial charge on any atom is 0.226 e. The monoisotopic (exact) mass is 2120 g/mol. The normalized spacial score (nSPS) is 31.7. The fraction of sp³-hybridized carbons (Fsp3) is 0.437. The van der Waals surface area contributed by atoms with E-state index in [1.165, 1.54) is 61.2 Å². The number of nitrogens with zero attached hydrogens (tertiary/aromatic N) is 3. The van der Waals surface area contributed by atoms with E-state index in [0.717, 1.165) is 125 Å². The maximum atomic E-state index is 12.9. The molecule has 5 saturated heterocycles. The summed E-state index contributed by atoms with van der Waals surface area (Å²) in [6.45, 7) is 28.0. The largest absolute Gasteiger partial charge is 0.497 e. The molecule has 11 aromatic rings. The van der Waals surface area contributed by atoms with E-state index < -0.39 is 0 Å². The molecule has 10 fully saturated rings. The molecule has 5 saturated carbocycles. The van der Waals surface area contributed by atoms with Gasteiger partial charge in [-0.25, -0.2) is 9.67 Å². The lowest BCUT2D eigenvalue weighted by atomic mass is 9.56. The average Bonchev–Trinajstić information content (AvgIpc) is 1.59. The van der Waals surface area contributed by atoms with Crippen molar-refractivity contribution in [2.24, 2.45) is 89.4 Å². The highest BCUT2D eigenvalue weighted by atomic mass is 35.5. The van der Waals surface area contributed by atoms with Crippen molar-refractivity contribution in [1.82, 2.24) is 41.3 Å². The fourth-order valence-corrected chi connectivity index (χ4v) is 30.4. The van der Waals surface area contributed by atoms with Gasteiger partial charge in [0.2, 0.25) is 29.5 Å². The molecule has 1 aromatic heterocycles. The first kappa shape index (κ1) is 106. The van der Waals surface area contributed by atoms with Crippen LogP contribution in [0, 0.1) is 89.3 Å². The van der Waals surface area contributed by atoms with Crippen LogP contribution in [0.1, 0.15) is 253 Å². The number of hydrogen-bond donors (Lipinski definition) is 5. The van der Waals surface area contributed by atoms with Crippen molar-refractivity contribution in [1.29, 1.82) is 0 Å². The minimum absolute atomic E-state index is 0.0314. The Bertz CT molecular complexity index is 6120. The van der Waals surface area contributed by atoms with Gasteiger partial charge in [-0.2, -0.15) is 5.10 Å². The molecule has 0 bridgehead atoms. The molecule has 21 rings (SSSR count). The van der Waals surface area contributed by atoms with Crippen LogP contribution in [0.4, 0.5) is 0 Å². The van der Waals surface area contributed by atoms with E-state index in [0.29, 0.717) is 28.7 Å². The first-order valence-electron chi connectivity index (χ1n) is 51.0. The van der Waals surface area contributed by atoms with E-state index in [2.05, 4.69) is 254 Å². The van der Waals surface area contributed by atoms with Gasteiger partial charge in [-0.1, -0.05) is 280 Å². The van der Waals surface area contributed by atoms with E-state index in [4.69, 9.17) is 121 Å². The van der Waals surface area contributed by atoms with Gasteiger partial charge in [0, 0.05) is 123 Å². The quantitative estimate of drug-likeness (QED) is 0.0712. The second-order valence-corrected chi connectivity index (χ2v) is 47.1. The van der Waals surface area contributed by atoms with E-state index in [-0.39, 0.29) is 178 Å². The number of amides is 5. The molecule has 24 heteroatoms. The summed E-state index contributed by atoms with van der Waals surface area (Å²) in [5.41, 5.74) is 16.2. The van der Waals surface area contributed by atoms with Crippen LogP contribution in [0.15, 0.2) is 219 Å². The molecule has 143 heavy (non-hydrogen) atoms. The summed E-state index contributed by atoms with van der Waals surface area (Å²) in [7, 11) is 3.51. The van der Waals surface area contributed by atoms with E-state index in [1.54, 1.807) is 18.1 Å². The zero-order valence-electron chi connectivity index (χ0n) is 83.7. The smallest absolute Gasteiger partial charge is 0.226 e. The summed E-state index contributed by atoms with van der Waals surface area (Å²) in [5, 5.41) is 27.8. The topological polar surface area (TPSA) is 185 Å². The van der Waals surface area contributed by atoms with Crippen LogP contribution in [0.5, 0.6) is 5.75 Å². The van der Waals surface area contributed by atoms with Crippen LogP contribution in [-0.4, -0.2) is 81.6 Å². The molecular formula is C119H130Cl10N8O6. The summed E-state index contributed by atoms with van der Waals surface area (Å²) in [4.78, 5) is 68.0. The number of carbonyl (C=O) groups excluding carboxylic acids is 5. The Kier molecular flexibility index (Phi) is 32.8. The molecule has 10 aliphatic rings. The Morgan fingerprint density at radius 3 is 0.972 bits per heavy atom. The van der Waals surface area contributed by atoms with Gasteiger partial charge in [-0.15, -0.1) is 0 Å². The predicted molar refractivity (Wildman–Crippen MR) is 584 cm³/mol. The molecule has 29 atom stereocenters. The lowest BCUT2D eigenvalue weighted by Gasteiger charge is -2.46. The average molecular weight is 2120 g/mol. The lowest BCUT2D eigenvalue weighted by molar-refractivity contribution is -0.130. The number of methoxy groups -OCH3 is 1. The molecule has 5 aliphatic carbocycles. The SMILES string of the molecule is CCc1ccc([C@@H]2C[C@@H](C)[C@H]3C(=O)N[C@H](C)[C@H]3[C@H]2c2ccc(Cl)cc2)c(Cl)c1.CCc1ccc([C@@H]2C[C@@H](C)[C@H]3C(=O)N[C@H](C)[C@H]3[C@H]2c2ccc(Cl)cc2)c(Cl)c1.COc1ccc([C@@H]2C[C@H](C)[C@H]3C(=O)N[C@H](C)[C@H]3[C@H]2c2ccc(Cl)cc2)c(Cl)c1.C[C@H]1NC(=O)[C@]2(C)CC[C@@H](c3ccc(-c4ncnn4C)cc3Cl)[C@H](c3ccc(Cl)cc3)[C@H]12.Cc1ccc([C@@H]2C[C@@H](C)[C@H]3C(=O)N[C@H](C)[C@H]3[C@H]2c2ccc(Cl)cc2)c(Cl)c1. The highest BCUT2D eigenvalue weighted by Gasteiger charge is 2.61. The number of rotatable bonds is 14. The number of hydrogen-bond acceptors (Lipinski definition) is 8. The van der Waals surface area contributed by atoms with Crippen LogP contribution in [0.2, 0.25) is 50.2 Å². The standard InChI is InChI=1S/C25H26Cl2N4O.2C24H27Cl2NO.C23H25Cl2NO2.C23H25Cl2NO/c1-14-22-21(15-4-7-17(26)8-5-15)19(10-11-25(22,2)24(32)30-14)18-9-6-16(12-20(18)27)23-28-13-29-31(23)3;2*1-4-15-5-10-18(20(26)12-15)19-11-13(2)21-22(14(3)27-24(21)28)23(19)16-6-8-17(25)9-7-16;1-12-10-18(17-9-8-16(28-3)11-19(17)25)22(14-4-6-15(24)7-5-14)21-13(2)26-23(27)20(12)21;1-12-4-9-17(19(25)10-12)18-11-13(2)20-21(14(3)26-23(20)27)22(18)15-5-7-16(24)8-6-15/h4-9,12-14,19,21-22H,10-11H2,1-3H3,(H,30,32);2*5-10,12-14,19,21-23H,4,11H2,1-3H3,(H,27,28);4-9,11-13,18,20-22H,10H2,1-3H3,(H,26,27);4-10,13-14,18,20-22H,11H2,1-3H3,(H,26,27)/t14-,19+,21+,22+,25-;2*13-,14-,19+,21-,22-,23+;12-,13+,18-,20+,21+,22-;13-,14-,18+,20-,21-,22+/m11101/s1. The Morgan fingerprint density at radius 2 is 0.664 bits per heavy atom. The maximum absolute atomic E-state index is 12.9. The predicted octanol–water partition coefficient (Wildman–Crippen LogP) is 29.6. The fourth-order valence-electron chi connectivity index (χ4n) is 28.1. The summed E-state index contributed by atoms with van der Waals surface area (Å²) >= 11 is 64.6. The summed E-state index contributed by atoms with van der Waals surface area (Å²) in [6, 6.07) is 72.7. The molecule has 10 aromatic carbocycles. The van der Waals surface area contributed by atoms with Crippen molar-refractivity contribution < 1.29 is 28.7 Å². The Morgan fingerprint density at radius 1 is 0.357 bits per heavy atom. The van der Waals surface area contributed by atoms with Crippen LogP contribution >= 0.6 is 116 Å². The highest BCUT2D eigenvalue weighted by Crippen LogP contribution is 2.64. The van der Waals surface area contributed by atoms with Gasteiger partial charge in [0.1, 0.15) is 12.1 Å². The number of aryl methyl sites for hydroxylation is 4. The molecule has 0 unspecified atom stereocenters. The van der Waals surface area contributed by atoms with Crippen molar-refractivity contribution in [3.63, 3.8) is 0 Å². The molecule has 6 heterocycles. The molecule has 5 aliphatic heterocycles. The van der Waals surface area contributed by atoms with E-state index in [1.807, 2.05) is 92.0 Å². The van der Waals surface area contributed by atoms with Gasteiger partial charge >= 0.3 is 0 Å². The third-order valence-corrected chi connectivity index (χ3v) is 37.4. The van der Waals surface area contributed by atoms with Crippen molar-refractivity contribution in [3.8, 4) is 17.1 Å². The van der Waals surface area contributed by atoms with E-state index in [9.17, 15) is 24.0 Å². The molecule has 752 valence electrons. The zero-order valence-corrected chi connectivity index (χ0v) is 91.2. The highest BCUT2D eigenvalue weighted by molar-refractivity contribution is 6.34. The van der Waals surface area contributed by atoms with Crippen LogP contribution in [0.3, 0.4) is 0 Å². The van der Waals surface area contributed by atoms with Gasteiger partial charge in [-0.05, 0) is 369 Å². The minimum atomic E-state index is -0.384. The molecule has 5 amide bonds. The van der Waals surface area contributed by atoms with Crippen molar-refractivity contribution in [2.45, 2.75) is 231 Å². The van der Waals surface area contributed by atoms with Crippen LogP contribution in [0.25, 0.3) is 11.4 Å². The molecule has 14 nitrogen and oxygen atoms in total. The van der Waals surface area contributed by atoms with Crippen molar-refractivity contribution >= 4 is 146 Å². The van der Waals surface area contributed by atoms with Gasteiger partial charge in [-0.3, -0.25) is 24.0 Å². The number of aromatic nitrogens is 3. The molecule has 0 spiro atoms. The van der Waals surface area contributed by atoms with Gasteiger partial charge < -0.3 is 31.3 Å². The van der Waals surface area contributed by atoms with Gasteiger partial charge in [0.05, 0.1) is 12.5 Å². The Hall–Kier alpha value is -8.61. The Balaban J connectivity index is 0.000000123. The molecule has 0 radical (unpaired) electrons. The summed E-state index contributed by atoms with van der Waals surface area (Å²) in [6.07, 6.45) is 9.01. The van der Waals surface area contributed by atoms with Crippen molar-refractivity contribution in [2.75, 3.05) is 7.11 Å². The van der Waals surface area contributed by atoms with Crippen LogP contribution in [-0.2, 0) is 43.9 Å². The number of ether oxygens (including phenoxy) is 1. The van der Waals surface area contributed by atoms with Gasteiger partial charge in [0.15, 0.2) is 5.82 Å². The number of carbonyl (C=O) groups is 5. The number of benzene rings is 10. The van der Waals surface area contributed by atoms with E-state index >= 15 is 0 Å². The van der Waals surface area contributed by atoms with Crippen molar-refractivity contribution in [3.05, 3.63) is 341 Å². The first-order valence-corrected chi connectivity index (χ1v) is 54.7. The molecule has 5 N–H and O–H groups in total. The van der Waals surface area contributed by atoms with Gasteiger partial charge in [0.25, 0.3) is 0 Å². The zero-order chi connectivity index (χ0) is 102. The third-order valence-electron chi connectivity index (χ3n) is 34.5. The summed E-state index contributed by atoms with van der Waals surface area (Å²) in [5.74, 6) is 7.44. The number of nitrogens with one attached hydrogen (secondary N) is 5. The number of halogens is 10. The first-order chi connectivity index (χ1) is 68.4. The Labute approximate surface area is 893 Å². The second-order valence-electron chi connectivity index (χ2n) is 42.9. The summed E-state index contributed by atoms with van der Waals surface area (Å²) < 4.78 is 7.07. The second kappa shape index (κ2) is 44.4. The van der Waals surface area contributed by atoms with Crippen LogP contribution < -0.4 is 31.3 Å².